The maximum Gasteiger partial charge on any atom is 0.231 e. The van der Waals surface area contributed by atoms with Gasteiger partial charge < -0.3 is 18.9 Å². The number of rotatable bonds is 8. The van der Waals surface area contributed by atoms with Gasteiger partial charge in [0.2, 0.25) is 12.7 Å². The smallest absolute Gasteiger partial charge is 0.231 e. The van der Waals surface area contributed by atoms with Crippen LogP contribution >= 0.6 is 0 Å². The molecule has 0 saturated heterocycles. The van der Waals surface area contributed by atoms with Crippen molar-refractivity contribution in [1.29, 1.82) is 0 Å². The Morgan fingerprint density at radius 3 is 2.69 bits per heavy atom. The minimum absolute atomic E-state index is 0.283. The van der Waals surface area contributed by atoms with Crippen LogP contribution in [0.3, 0.4) is 0 Å². The van der Waals surface area contributed by atoms with Crippen LogP contribution in [0.1, 0.15) is 16.7 Å². The zero-order valence-corrected chi connectivity index (χ0v) is 17.1. The van der Waals surface area contributed by atoms with Crippen molar-refractivity contribution in [3.8, 4) is 17.4 Å². The Balaban J connectivity index is 1.60. The predicted molar refractivity (Wildman–Crippen MR) is 112 cm³/mol. The summed E-state index contributed by atoms with van der Waals surface area (Å²) in [5, 5.41) is 1.12. The van der Waals surface area contributed by atoms with Crippen molar-refractivity contribution >= 4 is 10.9 Å². The first-order chi connectivity index (χ1) is 14.2. The Morgan fingerprint density at radius 1 is 1.00 bits per heavy atom. The zero-order valence-electron chi connectivity index (χ0n) is 17.1. The summed E-state index contributed by atoms with van der Waals surface area (Å²) in [7, 11) is 3.39. The van der Waals surface area contributed by atoms with Crippen LogP contribution in [-0.2, 0) is 17.8 Å². The molecule has 1 aromatic heterocycles. The standard InChI is InChI=1S/C23H26N2O4/c1-16-4-6-20-18(10-16)12-19(23(24-20)27-3)14-25(8-9-26-2)13-17-5-7-21-22(11-17)29-15-28-21/h4-7,10-12H,8-9,13-15H2,1-3H3. The first-order valence-corrected chi connectivity index (χ1v) is 9.70. The SMILES string of the molecule is COCCN(Cc1ccc2c(c1)OCO2)Cc1cc2cc(C)ccc2nc1OC. The largest absolute Gasteiger partial charge is 0.481 e. The second kappa shape index (κ2) is 8.68. The molecule has 4 rings (SSSR count). The molecule has 0 radical (unpaired) electrons. The van der Waals surface area contributed by atoms with Gasteiger partial charge in [0.25, 0.3) is 0 Å². The van der Waals surface area contributed by atoms with Crippen LogP contribution in [0.2, 0.25) is 0 Å². The van der Waals surface area contributed by atoms with Gasteiger partial charge in [0.15, 0.2) is 11.5 Å². The van der Waals surface area contributed by atoms with E-state index in [1.807, 2.05) is 18.2 Å². The third-order valence-corrected chi connectivity index (χ3v) is 5.05. The molecular formula is C23H26N2O4. The van der Waals surface area contributed by atoms with E-state index in [0.29, 0.717) is 19.0 Å². The maximum absolute atomic E-state index is 5.59. The number of methoxy groups -OCH3 is 2. The van der Waals surface area contributed by atoms with Crippen molar-refractivity contribution in [2.24, 2.45) is 0 Å². The fourth-order valence-corrected chi connectivity index (χ4v) is 3.58. The number of nitrogens with zero attached hydrogens (tertiary/aromatic N) is 2. The van der Waals surface area contributed by atoms with Gasteiger partial charge >= 0.3 is 0 Å². The molecule has 0 aliphatic carbocycles. The van der Waals surface area contributed by atoms with Crippen molar-refractivity contribution in [2.45, 2.75) is 20.0 Å². The van der Waals surface area contributed by atoms with Gasteiger partial charge in [-0.25, -0.2) is 4.98 Å². The van der Waals surface area contributed by atoms with E-state index in [9.17, 15) is 0 Å². The molecule has 1 aliphatic heterocycles. The van der Waals surface area contributed by atoms with Crippen molar-refractivity contribution < 1.29 is 18.9 Å². The number of fused-ring (bicyclic) bond motifs is 2. The molecule has 1 aliphatic rings. The van der Waals surface area contributed by atoms with E-state index in [0.717, 1.165) is 46.6 Å². The number of ether oxygens (including phenoxy) is 4. The molecule has 6 nitrogen and oxygen atoms in total. The summed E-state index contributed by atoms with van der Waals surface area (Å²) in [5.41, 5.74) is 4.37. The number of aryl methyl sites for hydroxylation is 1. The Bertz CT molecular complexity index is 1010. The summed E-state index contributed by atoms with van der Waals surface area (Å²) in [6, 6.07) is 14.5. The minimum atomic E-state index is 0.283. The lowest BCUT2D eigenvalue weighted by molar-refractivity contribution is 0.139. The average Bonchev–Trinajstić information content (AvgIpc) is 3.19. The molecule has 0 atom stereocenters. The van der Waals surface area contributed by atoms with Gasteiger partial charge in [0.1, 0.15) is 0 Å². The summed E-state index contributed by atoms with van der Waals surface area (Å²) >= 11 is 0. The Kier molecular flexibility index (Phi) is 5.83. The lowest BCUT2D eigenvalue weighted by Gasteiger charge is -2.23. The molecule has 0 fully saturated rings. The molecule has 2 heterocycles. The molecule has 29 heavy (non-hydrogen) atoms. The average molecular weight is 394 g/mol. The van der Waals surface area contributed by atoms with Gasteiger partial charge in [-0.15, -0.1) is 0 Å². The molecule has 0 amide bonds. The molecule has 0 unspecified atom stereocenters. The minimum Gasteiger partial charge on any atom is -0.481 e. The second-order valence-electron chi connectivity index (χ2n) is 7.24. The van der Waals surface area contributed by atoms with E-state index in [2.05, 4.69) is 36.1 Å². The highest BCUT2D eigenvalue weighted by Crippen LogP contribution is 2.33. The van der Waals surface area contributed by atoms with Crippen LogP contribution in [-0.4, -0.2) is 44.0 Å². The topological polar surface area (TPSA) is 53.1 Å². The fraction of sp³-hybridized carbons (Fsp3) is 0.348. The van der Waals surface area contributed by atoms with E-state index in [4.69, 9.17) is 23.9 Å². The lowest BCUT2D eigenvalue weighted by Crippen LogP contribution is -2.27. The van der Waals surface area contributed by atoms with Crippen LogP contribution in [0, 0.1) is 6.92 Å². The highest BCUT2D eigenvalue weighted by molar-refractivity contribution is 5.80. The summed E-state index contributed by atoms with van der Waals surface area (Å²) in [6.45, 7) is 5.28. The molecule has 0 spiro atoms. The first-order valence-electron chi connectivity index (χ1n) is 9.70. The predicted octanol–water partition coefficient (Wildman–Crippen LogP) is 3.93. The van der Waals surface area contributed by atoms with E-state index in [1.54, 1.807) is 14.2 Å². The van der Waals surface area contributed by atoms with Gasteiger partial charge in [-0.05, 0) is 42.8 Å². The highest BCUT2D eigenvalue weighted by Gasteiger charge is 2.17. The maximum atomic E-state index is 5.59. The molecule has 0 saturated carbocycles. The van der Waals surface area contributed by atoms with Gasteiger partial charge in [0.05, 0.1) is 19.2 Å². The van der Waals surface area contributed by atoms with Gasteiger partial charge in [-0.2, -0.15) is 0 Å². The summed E-state index contributed by atoms with van der Waals surface area (Å²) in [4.78, 5) is 7.03. The van der Waals surface area contributed by atoms with E-state index in [-0.39, 0.29) is 6.79 Å². The molecule has 0 N–H and O–H groups in total. The third-order valence-electron chi connectivity index (χ3n) is 5.05. The number of benzene rings is 2. The van der Waals surface area contributed by atoms with Crippen LogP contribution in [0.25, 0.3) is 10.9 Å². The summed E-state index contributed by atoms with van der Waals surface area (Å²) < 4.78 is 21.9. The molecule has 2 aromatic carbocycles. The first kappa shape index (κ1) is 19.5. The van der Waals surface area contributed by atoms with Crippen molar-refractivity contribution in [3.63, 3.8) is 0 Å². The molecule has 0 bridgehead atoms. The monoisotopic (exact) mass is 394 g/mol. The van der Waals surface area contributed by atoms with E-state index < -0.39 is 0 Å². The summed E-state index contributed by atoms with van der Waals surface area (Å²) in [5.74, 6) is 2.26. The number of pyridine rings is 1. The molecule has 3 aromatic rings. The van der Waals surface area contributed by atoms with E-state index in [1.165, 1.54) is 5.56 Å². The van der Waals surface area contributed by atoms with Crippen LogP contribution in [0.4, 0.5) is 0 Å². The van der Waals surface area contributed by atoms with E-state index >= 15 is 0 Å². The van der Waals surface area contributed by atoms with Crippen LogP contribution < -0.4 is 14.2 Å². The summed E-state index contributed by atoms with van der Waals surface area (Å²) in [6.07, 6.45) is 0. The highest BCUT2D eigenvalue weighted by atomic mass is 16.7. The van der Waals surface area contributed by atoms with Crippen molar-refractivity contribution in [3.05, 3.63) is 59.2 Å². The van der Waals surface area contributed by atoms with Gasteiger partial charge in [0, 0.05) is 37.7 Å². The number of hydrogen-bond donors (Lipinski definition) is 0. The van der Waals surface area contributed by atoms with Crippen molar-refractivity contribution in [1.82, 2.24) is 9.88 Å². The normalized spacial score (nSPS) is 12.7. The van der Waals surface area contributed by atoms with Gasteiger partial charge in [-0.3, -0.25) is 4.90 Å². The zero-order chi connectivity index (χ0) is 20.2. The van der Waals surface area contributed by atoms with Crippen molar-refractivity contribution in [2.75, 3.05) is 34.2 Å². The lowest BCUT2D eigenvalue weighted by atomic mass is 10.1. The van der Waals surface area contributed by atoms with Crippen LogP contribution in [0.15, 0.2) is 42.5 Å². The van der Waals surface area contributed by atoms with Gasteiger partial charge in [-0.1, -0.05) is 17.7 Å². The number of aromatic nitrogens is 1. The Morgan fingerprint density at radius 2 is 1.86 bits per heavy atom. The quantitative estimate of drug-likeness (QED) is 0.577. The molecule has 6 heteroatoms. The second-order valence-corrected chi connectivity index (χ2v) is 7.24. The number of hydrogen-bond acceptors (Lipinski definition) is 6. The molecular weight excluding hydrogens is 368 g/mol. The Labute approximate surface area is 171 Å². The third kappa shape index (κ3) is 4.44. The fourth-order valence-electron chi connectivity index (χ4n) is 3.58. The Hall–Kier alpha value is -2.83. The molecule has 152 valence electrons. The van der Waals surface area contributed by atoms with Crippen LogP contribution in [0.5, 0.6) is 17.4 Å².